The number of nitro benzene ring substituents is 1. The van der Waals surface area contributed by atoms with Crippen molar-refractivity contribution in [2.75, 3.05) is 36.4 Å². The summed E-state index contributed by atoms with van der Waals surface area (Å²) in [6.45, 7) is 4.66. The minimum Gasteiger partial charge on any atom is -0.363 e. The van der Waals surface area contributed by atoms with Crippen LogP contribution in [0, 0.1) is 17.0 Å². The summed E-state index contributed by atoms with van der Waals surface area (Å²) in [5.41, 5.74) is 1.87. The lowest BCUT2D eigenvalue weighted by Gasteiger charge is -2.29. The molecule has 1 amide bonds. The van der Waals surface area contributed by atoms with Gasteiger partial charge in [0.1, 0.15) is 5.69 Å². The van der Waals surface area contributed by atoms with E-state index >= 15 is 0 Å². The largest absolute Gasteiger partial charge is 0.363 e. The van der Waals surface area contributed by atoms with Crippen LogP contribution in [0.1, 0.15) is 15.9 Å². The third-order valence-corrected chi connectivity index (χ3v) is 5.13. The number of halogens is 2. The smallest absolute Gasteiger partial charge is 0.293 e. The van der Waals surface area contributed by atoms with Crippen LogP contribution in [0.3, 0.4) is 0 Å². The fraction of sp³-hybridized carbons (Fsp3) is 0.278. The van der Waals surface area contributed by atoms with Crippen LogP contribution in [-0.2, 0) is 0 Å². The van der Waals surface area contributed by atoms with E-state index in [0.29, 0.717) is 34.5 Å². The van der Waals surface area contributed by atoms with Gasteiger partial charge < -0.3 is 15.5 Å². The highest BCUT2D eigenvalue weighted by Crippen LogP contribution is 2.31. The lowest BCUT2D eigenvalue weighted by atomic mass is 10.1. The number of hydrogen-bond donors (Lipinski definition) is 2. The maximum Gasteiger partial charge on any atom is 0.293 e. The second-order valence-corrected chi connectivity index (χ2v) is 7.05. The van der Waals surface area contributed by atoms with Crippen molar-refractivity contribution in [1.82, 2.24) is 5.32 Å². The number of aryl methyl sites for hydroxylation is 1. The summed E-state index contributed by atoms with van der Waals surface area (Å²) in [5.74, 6) is -0.452. The molecule has 1 heterocycles. The van der Waals surface area contributed by atoms with E-state index in [0.717, 1.165) is 18.7 Å². The lowest BCUT2D eigenvalue weighted by Crippen LogP contribution is -2.43. The minimum absolute atomic E-state index is 0.0876. The van der Waals surface area contributed by atoms with Gasteiger partial charge in [0.05, 0.1) is 15.0 Å². The average Bonchev–Trinajstić information content (AvgIpc) is 2.66. The molecular formula is C18H18Cl2N4O3. The molecule has 0 aromatic heterocycles. The number of carbonyl (C=O) groups is 1. The van der Waals surface area contributed by atoms with E-state index in [2.05, 4.69) is 10.6 Å². The molecule has 0 radical (unpaired) electrons. The van der Waals surface area contributed by atoms with Crippen LogP contribution in [-0.4, -0.2) is 37.0 Å². The SMILES string of the molecule is Cc1cc(Cl)c(Cl)cc1NC(=O)c1ccc(N2CCNCC2)c([N+](=O)[O-])c1. The predicted molar refractivity (Wildman–Crippen MR) is 107 cm³/mol. The summed E-state index contributed by atoms with van der Waals surface area (Å²) in [6, 6.07) is 7.72. The van der Waals surface area contributed by atoms with E-state index in [4.69, 9.17) is 23.2 Å². The van der Waals surface area contributed by atoms with Crippen molar-refractivity contribution in [2.24, 2.45) is 0 Å². The Morgan fingerprint density at radius 2 is 1.85 bits per heavy atom. The van der Waals surface area contributed by atoms with Crippen LogP contribution >= 0.6 is 23.2 Å². The number of nitro groups is 1. The second kappa shape index (κ2) is 8.12. The number of rotatable bonds is 4. The van der Waals surface area contributed by atoms with Gasteiger partial charge >= 0.3 is 0 Å². The first-order valence-electron chi connectivity index (χ1n) is 8.38. The third-order valence-electron chi connectivity index (χ3n) is 4.41. The molecular weight excluding hydrogens is 391 g/mol. The van der Waals surface area contributed by atoms with Gasteiger partial charge in [-0.15, -0.1) is 0 Å². The van der Waals surface area contributed by atoms with Gasteiger partial charge in [0.2, 0.25) is 0 Å². The Balaban J connectivity index is 1.88. The van der Waals surface area contributed by atoms with Gasteiger partial charge in [-0.05, 0) is 36.8 Å². The first-order chi connectivity index (χ1) is 12.9. The lowest BCUT2D eigenvalue weighted by molar-refractivity contribution is -0.384. The van der Waals surface area contributed by atoms with Crippen LogP contribution < -0.4 is 15.5 Å². The minimum atomic E-state index is -0.460. The molecule has 9 heteroatoms. The van der Waals surface area contributed by atoms with E-state index in [1.165, 1.54) is 6.07 Å². The Morgan fingerprint density at radius 1 is 1.19 bits per heavy atom. The van der Waals surface area contributed by atoms with Crippen LogP contribution in [0.2, 0.25) is 10.0 Å². The molecule has 0 unspecified atom stereocenters. The summed E-state index contributed by atoms with van der Waals surface area (Å²) in [7, 11) is 0. The Hall–Kier alpha value is -2.35. The van der Waals surface area contributed by atoms with Crippen molar-refractivity contribution in [3.63, 3.8) is 0 Å². The molecule has 0 aliphatic carbocycles. The Labute approximate surface area is 166 Å². The molecule has 0 atom stereocenters. The monoisotopic (exact) mass is 408 g/mol. The molecule has 2 aromatic carbocycles. The first-order valence-corrected chi connectivity index (χ1v) is 9.13. The second-order valence-electron chi connectivity index (χ2n) is 6.23. The molecule has 7 nitrogen and oxygen atoms in total. The Kier molecular flexibility index (Phi) is 5.84. The van der Waals surface area contributed by atoms with Crippen molar-refractivity contribution < 1.29 is 9.72 Å². The zero-order valence-corrected chi connectivity index (χ0v) is 16.1. The number of anilines is 2. The predicted octanol–water partition coefficient (Wildman–Crippen LogP) is 3.87. The topological polar surface area (TPSA) is 87.5 Å². The highest BCUT2D eigenvalue weighted by Gasteiger charge is 2.23. The van der Waals surface area contributed by atoms with E-state index in [1.807, 2.05) is 4.90 Å². The first kappa shape index (κ1) is 19.4. The van der Waals surface area contributed by atoms with Crippen molar-refractivity contribution in [3.8, 4) is 0 Å². The highest BCUT2D eigenvalue weighted by molar-refractivity contribution is 6.42. The molecule has 0 bridgehead atoms. The number of hydrogen-bond acceptors (Lipinski definition) is 5. The van der Waals surface area contributed by atoms with Gasteiger partial charge in [-0.3, -0.25) is 14.9 Å². The summed E-state index contributed by atoms with van der Waals surface area (Å²) in [6.07, 6.45) is 0. The van der Waals surface area contributed by atoms with Crippen molar-refractivity contribution in [2.45, 2.75) is 6.92 Å². The fourth-order valence-corrected chi connectivity index (χ4v) is 3.34. The van der Waals surface area contributed by atoms with E-state index in [-0.39, 0.29) is 11.3 Å². The molecule has 1 saturated heterocycles. The van der Waals surface area contributed by atoms with Gasteiger partial charge in [-0.1, -0.05) is 23.2 Å². The van der Waals surface area contributed by atoms with Crippen molar-refractivity contribution >= 4 is 46.2 Å². The van der Waals surface area contributed by atoms with E-state index in [9.17, 15) is 14.9 Å². The van der Waals surface area contributed by atoms with Gasteiger partial charge in [-0.25, -0.2) is 0 Å². The molecule has 0 spiro atoms. The van der Waals surface area contributed by atoms with Crippen LogP contribution in [0.4, 0.5) is 17.1 Å². The number of piperazine rings is 1. The van der Waals surface area contributed by atoms with Gasteiger partial charge in [0, 0.05) is 43.5 Å². The Bertz CT molecular complexity index is 898. The quantitative estimate of drug-likeness (QED) is 0.591. The number of nitrogens with one attached hydrogen (secondary N) is 2. The molecule has 1 fully saturated rings. The van der Waals surface area contributed by atoms with Crippen LogP contribution in [0.15, 0.2) is 30.3 Å². The van der Waals surface area contributed by atoms with Crippen molar-refractivity contribution in [1.29, 1.82) is 0 Å². The number of amides is 1. The zero-order valence-electron chi connectivity index (χ0n) is 14.6. The zero-order chi connectivity index (χ0) is 19.6. The standard InChI is InChI=1S/C18H18Cl2N4O3/c1-11-8-13(19)14(20)10-15(11)22-18(25)12-2-3-16(17(9-12)24(26)27)23-6-4-21-5-7-23/h2-3,8-10,21H,4-7H2,1H3,(H,22,25). The van der Waals surface area contributed by atoms with Gasteiger partial charge in [0.25, 0.3) is 11.6 Å². The number of carbonyl (C=O) groups excluding carboxylic acids is 1. The summed E-state index contributed by atoms with van der Waals surface area (Å²) in [4.78, 5) is 25.6. The molecule has 0 saturated carbocycles. The summed E-state index contributed by atoms with van der Waals surface area (Å²) in [5, 5.41) is 18.2. The average molecular weight is 409 g/mol. The number of nitrogens with zero attached hydrogens (tertiary/aromatic N) is 2. The van der Waals surface area contributed by atoms with Crippen LogP contribution in [0.25, 0.3) is 0 Å². The normalized spacial score (nSPS) is 14.1. The third kappa shape index (κ3) is 4.32. The fourth-order valence-electron chi connectivity index (χ4n) is 2.96. The molecule has 2 N–H and O–H groups in total. The molecule has 1 aliphatic heterocycles. The molecule has 27 heavy (non-hydrogen) atoms. The maximum absolute atomic E-state index is 12.6. The van der Waals surface area contributed by atoms with E-state index < -0.39 is 10.8 Å². The summed E-state index contributed by atoms with van der Waals surface area (Å²) < 4.78 is 0. The summed E-state index contributed by atoms with van der Waals surface area (Å²) >= 11 is 12.0. The number of benzene rings is 2. The van der Waals surface area contributed by atoms with Gasteiger partial charge in [0.15, 0.2) is 0 Å². The molecule has 1 aliphatic rings. The highest BCUT2D eigenvalue weighted by atomic mass is 35.5. The van der Waals surface area contributed by atoms with Gasteiger partial charge in [-0.2, -0.15) is 0 Å². The molecule has 142 valence electrons. The van der Waals surface area contributed by atoms with E-state index in [1.54, 1.807) is 31.2 Å². The molecule has 3 rings (SSSR count). The molecule has 2 aromatic rings. The maximum atomic E-state index is 12.6. The Morgan fingerprint density at radius 3 is 2.52 bits per heavy atom. The van der Waals surface area contributed by atoms with Crippen LogP contribution in [0.5, 0.6) is 0 Å². The van der Waals surface area contributed by atoms with Crippen molar-refractivity contribution in [3.05, 3.63) is 61.6 Å².